The first-order valence-corrected chi connectivity index (χ1v) is 5.57. The minimum atomic E-state index is -0.518. The van der Waals surface area contributed by atoms with E-state index >= 15 is 0 Å². The zero-order valence-corrected chi connectivity index (χ0v) is 10.6. The van der Waals surface area contributed by atoms with Crippen molar-refractivity contribution in [1.29, 1.82) is 0 Å². The molecule has 0 saturated heterocycles. The average molecular weight is 252 g/mol. The van der Waals surface area contributed by atoms with Crippen LogP contribution < -0.4 is 5.32 Å². The van der Waals surface area contributed by atoms with Gasteiger partial charge >= 0.3 is 0 Å². The predicted octanol–water partition coefficient (Wildman–Crippen LogP) is 1.27. The Labute approximate surface area is 105 Å². The second-order valence-electron chi connectivity index (χ2n) is 3.88. The number of nitrogens with zero attached hydrogens (tertiary/aromatic N) is 3. The molecule has 1 heterocycles. The summed E-state index contributed by atoms with van der Waals surface area (Å²) >= 11 is 0. The highest BCUT2D eigenvalue weighted by Gasteiger charge is 2.16. The molecule has 0 aliphatic rings. The summed E-state index contributed by atoms with van der Waals surface area (Å²) in [4.78, 5) is 27.2. The lowest BCUT2D eigenvalue weighted by Gasteiger charge is -2.20. The highest BCUT2D eigenvalue weighted by molar-refractivity contribution is 5.83. The third-order valence-corrected chi connectivity index (χ3v) is 2.54. The van der Waals surface area contributed by atoms with Crippen LogP contribution in [0, 0.1) is 10.1 Å². The zero-order valence-electron chi connectivity index (χ0n) is 10.6. The third kappa shape index (κ3) is 3.41. The summed E-state index contributed by atoms with van der Waals surface area (Å²) in [5.74, 6) is 0.378. The van der Waals surface area contributed by atoms with E-state index in [2.05, 4.69) is 10.3 Å². The molecule has 1 aromatic heterocycles. The molecule has 7 heteroatoms. The summed E-state index contributed by atoms with van der Waals surface area (Å²) in [5, 5.41) is 13.4. The number of carbonyl (C=O) groups excluding carboxylic acids is 1. The second-order valence-corrected chi connectivity index (χ2v) is 3.88. The van der Waals surface area contributed by atoms with Crippen LogP contribution in [0.25, 0.3) is 0 Å². The minimum Gasteiger partial charge on any atom is -0.359 e. The molecule has 0 aliphatic carbocycles. The fourth-order valence-corrected chi connectivity index (χ4v) is 1.35. The van der Waals surface area contributed by atoms with Gasteiger partial charge in [-0.15, -0.1) is 0 Å². The molecule has 0 aliphatic heterocycles. The van der Waals surface area contributed by atoms with Gasteiger partial charge in [0, 0.05) is 19.7 Å². The molecule has 0 fully saturated rings. The van der Waals surface area contributed by atoms with Gasteiger partial charge in [-0.3, -0.25) is 14.9 Å². The van der Waals surface area contributed by atoms with Crippen LogP contribution in [0.5, 0.6) is 0 Å². The molecule has 7 nitrogen and oxygen atoms in total. The second kappa shape index (κ2) is 5.95. The Morgan fingerprint density at radius 1 is 1.61 bits per heavy atom. The van der Waals surface area contributed by atoms with Crippen LogP contribution in [0.1, 0.15) is 13.8 Å². The SMILES string of the molecule is CCN(C)C(=O)C(C)Nc1ccc([N+](=O)[O-])cn1. The maximum atomic E-state index is 11.8. The number of hydrogen-bond acceptors (Lipinski definition) is 5. The molecule has 1 N–H and O–H groups in total. The number of anilines is 1. The largest absolute Gasteiger partial charge is 0.359 e. The van der Waals surface area contributed by atoms with E-state index in [4.69, 9.17) is 0 Å². The molecule has 0 bridgehead atoms. The smallest absolute Gasteiger partial charge is 0.287 e. The lowest BCUT2D eigenvalue weighted by atomic mass is 10.3. The first-order chi connectivity index (χ1) is 8.45. The number of likely N-dealkylation sites (N-methyl/N-ethyl adjacent to an activating group) is 1. The standard InChI is InChI=1S/C11H16N4O3/c1-4-14(3)11(16)8(2)13-10-6-5-9(7-12-10)15(17)18/h5-8H,4H2,1-3H3,(H,12,13). The molecular formula is C11H16N4O3. The maximum absolute atomic E-state index is 11.8. The Balaban J connectivity index is 2.67. The summed E-state index contributed by atoms with van der Waals surface area (Å²) in [6.07, 6.45) is 1.16. The summed E-state index contributed by atoms with van der Waals surface area (Å²) in [6.45, 7) is 4.23. The van der Waals surface area contributed by atoms with Crippen molar-refractivity contribution in [2.45, 2.75) is 19.9 Å². The van der Waals surface area contributed by atoms with Crippen molar-refractivity contribution in [1.82, 2.24) is 9.88 Å². The van der Waals surface area contributed by atoms with E-state index in [1.807, 2.05) is 6.92 Å². The average Bonchev–Trinajstić information content (AvgIpc) is 2.37. The quantitative estimate of drug-likeness (QED) is 0.629. The molecule has 1 aromatic rings. The fourth-order valence-electron chi connectivity index (χ4n) is 1.35. The highest BCUT2D eigenvalue weighted by Crippen LogP contribution is 2.12. The van der Waals surface area contributed by atoms with Crippen molar-refractivity contribution in [2.75, 3.05) is 18.9 Å². The van der Waals surface area contributed by atoms with Crippen LogP contribution in [0.2, 0.25) is 0 Å². The van der Waals surface area contributed by atoms with Crippen molar-refractivity contribution in [3.05, 3.63) is 28.4 Å². The highest BCUT2D eigenvalue weighted by atomic mass is 16.6. The monoisotopic (exact) mass is 252 g/mol. The van der Waals surface area contributed by atoms with Gasteiger partial charge in [0.25, 0.3) is 5.69 Å². The molecular weight excluding hydrogens is 236 g/mol. The molecule has 0 spiro atoms. The van der Waals surface area contributed by atoms with Gasteiger partial charge in [0.05, 0.1) is 4.92 Å². The van der Waals surface area contributed by atoms with Gasteiger partial charge in [-0.1, -0.05) is 0 Å². The van der Waals surface area contributed by atoms with Crippen molar-refractivity contribution in [2.24, 2.45) is 0 Å². The molecule has 0 radical (unpaired) electrons. The molecule has 1 rings (SSSR count). The van der Waals surface area contributed by atoms with Gasteiger partial charge in [-0.25, -0.2) is 4.98 Å². The number of nitro groups is 1. The van der Waals surface area contributed by atoms with E-state index in [0.29, 0.717) is 12.4 Å². The topological polar surface area (TPSA) is 88.4 Å². The molecule has 18 heavy (non-hydrogen) atoms. The van der Waals surface area contributed by atoms with Gasteiger partial charge < -0.3 is 10.2 Å². The summed E-state index contributed by atoms with van der Waals surface area (Å²) in [6, 6.07) is 2.40. The Bertz CT molecular complexity index is 432. The van der Waals surface area contributed by atoms with E-state index < -0.39 is 11.0 Å². The molecule has 98 valence electrons. The number of amides is 1. The lowest BCUT2D eigenvalue weighted by Crippen LogP contribution is -2.38. The summed E-state index contributed by atoms with van der Waals surface area (Å²) in [7, 11) is 1.71. The van der Waals surface area contributed by atoms with Crippen LogP contribution in [-0.2, 0) is 4.79 Å². The van der Waals surface area contributed by atoms with Crippen LogP contribution in [0.4, 0.5) is 11.5 Å². The van der Waals surface area contributed by atoms with Crippen molar-refractivity contribution >= 4 is 17.4 Å². The van der Waals surface area contributed by atoms with E-state index in [0.717, 1.165) is 6.20 Å². The summed E-state index contributed by atoms with van der Waals surface area (Å²) in [5.41, 5.74) is -0.0785. The van der Waals surface area contributed by atoms with Gasteiger partial charge in [0.2, 0.25) is 5.91 Å². The van der Waals surface area contributed by atoms with Gasteiger partial charge in [-0.05, 0) is 19.9 Å². The number of rotatable bonds is 5. The fraction of sp³-hybridized carbons (Fsp3) is 0.455. The lowest BCUT2D eigenvalue weighted by molar-refractivity contribution is -0.385. The van der Waals surface area contributed by atoms with Crippen molar-refractivity contribution in [3.63, 3.8) is 0 Å². The van der Waals surface area contributed by atoms with Crippen LogP contribution >= 0.6 is 0 Å². The molecule has 1 atom stereocenters. The van der Waals surface area contributed by atoms with Crippen LogP contribution in [0.3, 0.4) is 0 Å². The van der Waals surface area contributed by atoms with Crippen molar-refractivity contribution < 1.29 is 9.72 Å². The molecule has 1 amide bonds. The first kappa shape index (κ1) is 13.9. The Hall–Kier alpha value is -2.18. The first-order valence-electron chi connectivity index (χ1n) is 5.57. The molecule has 1 unspecified atom stereocenters. The molecule has 0 saturated carbocycles. The van der Waals surface area contributed by atoms with E-state index in [-0.39, 0.29) is 11.6 Å². The Kier molecular flexibility index (Phi) is 4.59. The van der Waals surface area contributed by atoms with Gasteiger partial charge in [-0.2, -0.15) is 0 Å². The van der Waals surface area contributed by atoms with Crippen molar-refractivity contribution in [3.8, 4) is 0 Å². The summed E-state index contributed by atoms with van der Waals surface area (Å²) < 4.78 is 0. The number of pyridine rings is 1. The van der Waals surface area contributed by atoms with Crippen LogP contribution in [-0.4, -0.2) is 40.3 Å². The molecule has 0 aromatic carbocycles. The normalized spacial score (nSPS) is 11.7. The number of aromatic nitrogens is 1. The Morgan fingerprint density at radius 2 is 2.28 bits per heavy atom. The zero-order chi connectivity index (χ0) is 13.7. The number of carbonyl (C=O) groups is 1. The predicted molar refractivity (Wildman–Crippen MR) is 67.3 cm³/mol. The van der Waals surface area contributed by atoms with E-state index in [1.165, 1.54) is 12.1 Å². The number of nitrogens with one attached hydrogen (secondary N) is 1. The van der Waals surface area contributed by atoms with E-state index in [1.54, 1.807) is 18.9 Å². The maximum Gasteiger partial charge on any atom is 0.287 e. The van der Waals surface area contributed by atoms with Gasteiger partial charge in [0.1, 0.15) is 18.1 Å². The van der Waals surface area contributed by atoms with E-state index in [9.17, 15) is 14.9 Å². The Morgan fingerprint density at radius 3 is 2.72 bits per heavy atom. The van der Waals surface area contributed by atoms with Crippen LogP contribution in [0.15, 0.2) is 18.3 Å². The third-order valence-electron chi connectivity index (χ3n) is 2.54. The minimum absolute atomic E-state index is 0.0577. The van der Waals surface area contributed by atoms with Gasteiger partial charge in [0.15, 0.2) is 0 Å². The number of hydrogen-bond donors (Lipinski definition) is 1.